The van der Waals surface area contributed by atoms with Crippen LogP contribution in [0.15, 0.2) is 30.5 Å². The lowest BCUT2D eigenvalue weighted by Crippen LogP contribution is -2.14. The predicted molar refractivity (Wildman–Crippen MR) is 82.8 cm³/mol. The molecular formula is C17H22FN3. The highest BCUT2D eigenvalue weighted by atomic mass is 19.1. The van der Waals surface area contributed by atoms with Crippen LogP contribution in [0.4, 0.5) is 10.1 Å². The maximum atomic E-state index is 13.5. The van der Waals surface area contributed by atoms with Gasteiger partial charge in [0.15, 0.2) is 0 Å². The first-order valence-electron chi connectivity index (χ1n) is 7.77. The van der Waals surface area contributed by atoms with Crippen LogP contribution >= 0.6 is 0 Å². The van der Waals surface area contributed by atoms with Crippen LogP contribution in [-0.2, 0) is 6.54 Å². The number of benzene rings is 1. The van der Waals surface area contributed by atoms with Gasteiger partial charge in [-0.05, 0) is 38.0 Å². The average molecular weight is 287 g/mol. The molecule has 0 aliphatic heterocycles. The number of hydrogen-bond donors (Lipinski definition) is 1. The molecule has 4 heteroatoms. The Hall–Kier alpha value is -1.84. The van der Waals surface area contributed by atoms with Crippen LogP contribution < -0.4 is 5.32 Å². The third-order valence-electron chi connectivity index (χ3n) is 4.34. The first-order valence-corrected chi connectivity index (χ1v) is 7.77. The Labute approximate surface area is 125 Å². The molecule has 21 heavy (non-hydrogen) atoms. The summed E-state index contributed by atoms with van der Waals surface area (Å²) in [5, 5.41) is 7.93. The Balaban J connectivity index is 1.63. The van der Waals surface area contributed by atoms with Gasteiger partial charge in [-0.15, -0.1) is 0 Å². The van der Waals surface area contributed by atoms with Crippen molar-refractivity contribution in [2.24, 2.45) is 0 Å². The highest BCUT2D eigenvalue weighted by Gasteiger charge is 2.15. The van der Waals surface area contributed by atoms with E-state index in [0.29, 0.717) is 18.2 Å². The van der Waals surface area contributed by atoms with Crippen molar-refractivity contribution in [1.29, 1.82) is 0 Å². The smallest absolute Gasteiger partial charge is 0.128 e. The van der Waals surface area contributed by atoms with Gasteiger partial charge in [0.2, 0.25) is 0 Å². The predicted octanol–water partition coefficient (Wildman–Crippen LogP) is 4.45. The number of anilines is 1. The summed E-state index contributed by atoms with van der Waals surface area (Å²) in [4.78, 5) is 0. The zero-order chi connectivity index (χ0) is 14.7. The van der Waals surface area contributed by atoms with Crippen LogP contribution in [0, 0.1) is 12.7 Å². The van der Waals surface area contributed by atoms with Crippen molar-refractivity contribution in [3.63, 3.8) is 0 Å². The quantitative estimate of drug-likeness (QED) is 0.900. The number of hydrogen-bond acceptors (Lipinski definition) is 2. The number of aromatic nitrogens is 2. The van der Waals surface area contributed by atoms with E-state index in [0.717, 1.165) is 11.4 Å². The van der Waals surface area contributed by atoms with Crippen molar-refractivity contribution in [1.82, 2.24) is 9.78 Å². The molecule has 1 aliphatic carbocycles. The van der Waals surface area contributed by atoms with Crippen LogP contribution in [-0.4, -0.2) is 9.78 Å². The standard InChI is InChI=1S/C17H22FN3/c1-13-16(18)8-5-9-17(13)19-12-14-10-11-21(20-14)15-6-3-2-4-7-15/h5,8-11,15,19H,2-4,6-7,12H2,1H3. The zero-order valence-corrected chi connectivity index (χ0v) is 12.5. The van der Waals surface area contributed by atoms with Crippen LogP contribution in [0.2, 0.25) is 0 Å². The Kier molecular flexibility index (Phi) is 4.23. The van der Waals surface area contributed by atoms with Gasteiger partial charge in [-0.25, -0.2) is 4.39 Å². The summed E-state index contributed by atoms with van der Waals surface area (Å²) >= 11 is 0. The van der Waals surface area contributed by atoms with E-state index in [4.69, 9.17) is 0 Å². The second-order valence-corrected chi connectivity index (χ2v) is 5.84. The molecule has 1 heterocycles. The summed E-state index contributed by atoms with van der Waals surface area (Å²) in [6, 6.07) is 7.72. The van der Waals surface area contributed by atoms with Crippen LogP contribution in [0.1, 0.15) is 49.4 Å². The van der Waals surface area contributed by atoms with Crippen LogP contribution in [0.5, 0.6) is 0 Å². The minimum Gasteiger partial charge on any atom is -0.379 e. The highest BCUT2D eigenvalue weighted by Crippen LogP contribution is 2.27. The first-order chi connectivity index (χ1) is 10.2. The third kappa shape index (κ3) is 3.26. The lowest BCUT2D eigenvalue weighted by Gasteiger charge is -2.21. The molecule has 3 rings (SSSR count). The fourth-order valence-electron chi connectivity index (χ4n) is 3.01. The van der Waals surface area contributed by atoms with E-state index >= 15 is 0 Å². The Morgan fingerprint density at radius 2 is 2.05 bits per heavy atom. The third-order valence-corrected chi connectivity index (χ3v) is 4.34. The van der Waals surface area contributed by atoms with Crippen molar-refractivity contribution in [2.45, 2.75) is 51.6 Å². The number of nitrogens with one attached hydrogen (secondary N) is 1. The van der Waals surface area contributed by atoms with E-state index in [1.807, 2.05) is 6.07 Å². The molecule has 1 N–H and O–H groups in total. The largest absolute Gasteiger partial charge is 0.379 e. The Morgan fingerprint density at radius 1 is 1.24 bits per heavy atom. The van der Waals surface area contributed by atoms with Gasteiger partial charge >= 0.3 is 0 Å². The lowest BCUT2D eigenvalue weighted by molar-refractivity contribution is 0.328. The maximum absolute atomic E-state index is 13.5. The fourth-order valence-corrected chi connectivity index (χ4v) is 3.01. The van der Waals surface area contributed by atoms with Crippen molar-refractivity contribution in [2.75, 3.05) is 5.32 Å². The number of halogens is 1. The van der Waals surface area contributed by atoms with Gasteiger partial charge in [-0.3, -0.25) is 4.68 Å². The molecule has 0 amide bonds. The Bertz CT molecular complexity index is 600. The molecule has 1 fully saturated rings. The molecule has 0 unspecified atom stereocenters. The summed E-state index contributed by atoms with van der Waals surface area (Å²) in [5.41, 5.74) is 2.50. The summed E-state index contributed by atoms with van der Waals surface area (Å²) in [5.74, 6) is -0.173. The first kappa shape index (κ1) is 14.1. The topological polar surface area (TPSA) is 29.9 Å². The molecule has 0 saturated heterocycles. The van der Waals surface area contributed by atoms with Gasteiger partial charge < -0.3 is 5.32 Å². The van der Waals surface area contributed by atoms with E-state index in [2.05, 4.69) is 27.4 Å². The lowest BCUT2D eigenvalue weighted by atomic mass is 9.96. The summed E-state index contributed by atoms with van der Waals surface area (Å²) < 4.78 is 15.6. The summed E-state index contributed by atoms with van der Waals surface area (Å²) in [6.45, 7) is 2.42. The second-order valence-electron chi connectivity index (χ2n) is 5.84. The van der Waals surface area contributed by atoms with Crippen molar-refractivity contribution in [3.8, 4) is 0 Å². The maximum Gasteiger partial charge on any atom is 0.128 e. The van der Waals surface area contributed by atoms with E-state index in [9.17, 15) is 4.39 Å². The average Bonchev–Trinajstić information content (AvgIpc) is 2.99. The molecule has 112 valence electrons. The van der Waals surface area contributed by atoms with Crippen LogP contribution in [0.3, 0.4) is 0 Å². The Morgan fingerprint density at radius 3 is 2.86 bits per heavy atom. The second kappa shape index (κ2) is 6.29. The summed E-state index contributed by atoms with van der Waals surface area (Å²) in [7, 11) is 0. The molecule has 0 spiro atoms. The van der Waals surface area contributed by atoms with Gasteiger partial charge in [0.05, 0.1) is 18.3 Å². The molecule has 1 aliphatic rings. The van der Waals surface area contributed by atoms with E-state index in [1.165, 1.54) is 38.2 Å². The summed E-state index contributed by atoms with van der Waals surface area (Å²) in [6.07, 6.45) is 8.51. The van der Waals surface area contributed by atoms with Gasteiger partial charge in [0, 0.05) is 17.4 Å². The minimum absolute atomic E-state index is 0.173. The number of nitrogens with zero attached hydrogens (tertiary/aromatic N) is 2. The SMILES string of the molecule is Cc1c(F)cccc1NCc1ccn(C2CCCCC2)n1. The molecule has 1 saturated carbocycles. The van der Waals surface area contributed by atoms with Gasteiger partial charge in [-0.2, -0.15) is 5.10 Å². The molecule has 3 nitrogen and oxygen atoms in total. The van der Waals surface area contributed by atoms with Crippen molar-refractivity contribution in [3.05, 3.63) is 47.5 Å². The molecule has 0 atom stereocenters. The normalized spacial score (nSPS) is 16.1. The molecule has 1 aromatic carbocycles. The molecule has 2 aromatic rings. The minimum atomic E-state index is -0.173. The molecule has 0 bridgehead atoms. The van der Waals surface area contributed by atoms with Gasteiger partial charge in [0.1, 0.15) is 5.82 Å². The number of rotatable bonds is 4. The van der Waals surface area contributed by atoms with Gasteiger partial charge in [0.25, 0.3) is 0 Å². The van der Waals surface area contributed by atoms with Crippen LogP contribution in [0.25, 0.3) is 0 Å². The fraction of sp³-hybridized carbons (Fsp3) is 0.471. The monoisotopic (exact) mass is 287 g/mol. The highest BCUT2D eigenvalue weighted by molar-refractivity contribution is 5.51. The zero-order valence-electron chi connectivity index (χ0n) is 12.5. The van der Waals surface area contributed by atoms with Crippen molar-refractivity contribution < 1.29 is 4.39 Å². The van der Waals surface area contributed by atoms with E-state index in [-0.39, 0.29) is 5.82 Å². The molecule has 0 radical (unpaired) electrons. The molecular weight excluding hydrogens is 265 g/mol. The van der Waals surface area contributed by atoms with Crippen molar-refractivity contribution >= 4 is 5.69 Å². The van der Waals surface area contributed by atoms with E-state index < -0.39 is 0 Å². The van der Waals surface area contributed by atoms with Gasteiger partial charge in [-0.1, -0.05) is 25.3 Å². The van der Waals surface area contributed by atoms with E-state index in [1.54, 1.807) is 13.0 Å². The molecule has 1 aromatic heterocycles.